The van der Waals surface area contributed by atoms with Crippen molar-refractivity contribution >= 4 is 23.9 Å². The van der Waals surface area contributed by atoms with Gasteiger partial charge in [0.1, 0.15) is 17.8 Å². The zero-order valence-electron chi connectivity index (χ0n) is 19.1. The number of fused-ring (bicyclic) bond motifs is 3. The Morgan fingerprint density at radius 1 is 1.12 bits per heavy atom. The van der Waals surface area contributed by atoms with Gasteiger partial charge >= 0.3 is 23.9 Å². The van der Waals surface area contributed by atoms with Gasteiger partial charge in [-0.25, -0.2) is 4.79 Å². The van der Waals surface area contributed by atoms with Crippen LogP contribution in [0.5, 0.6) is 0 Å². The van der Waals surface area contributed by atoms with E-state index in [1.54, 1.807) is 26.8 Å². The van der Waals surface area contributed by atoms with Crippen molar-refractivity contribution < 1.29 is 43.2 Å². The minimum absolute atomic E-state index is 0.0638. The van der Waals surface area contributed by atoms with Crippen LogP contribution in [0.3, 0.4) is 0 Å². The molecular formula is C23H30O9. The highest BCUT2D eigenvalue weighted by atomic mass is 16.6. The van der Waals surface area contributed by atoms with Crippen molar-refractivity contribution in [3.8, 4) is 0 Å². The monoisotopic (exact) mass is 450 g/mol. The molecule has 1 saturated heterocycles. The predicted octanol–water partition coefficient (Wildman–Crippen LogP) is 1.47. The van der Waals surface area contributed by atoms with E-state index in [-0.39, 0.29) is 5.57 Å². The third kappa shape index (κ3) is 3.94. The van der Waals surface area contributed by atoms with Gasteiger partial charge in [-0.1, -0.05) is 26.0 Å². The SMILES string of the molecule is C=C1C(=O)O[C@@H]2[C@H]3C(C)=C[C@@H](OC(C)=O)[C@H]3[C@](C)(O)[C@H](OC(C)=O)C(OC(=O)C(C)C)[C@@H]12. The average molecular weight is 450 g/mol. The fraction of sp³-hybridized carbons (Fsp3) is 0.652. The third-order valence-corrected chi connectivity index (χ3v) is 6.53. The molecule has 9 heteroatoms. The van der Waals surface area contributed by atoms with Crippen molar-refractivity contribution in [2.75, 3.05) is 0 Å². The normalized spacial score (nSPS) is 38.2. The van der Waals surface area contributed by atoms with E-state index < -0.39 is 77.6 Å². The molecule has 1 aliphatic heterocycles. The topological polar surface area (TPSA) is 125 Å². The Kier molecular flexibility index (Phi) is 6.25. The van der Waals surface area contributed by atoms with Gasteiger partial charge in [0.05, 0.1) is 11.8 Å². The number of ether oxygens (including phenoxy) is 4. The van der Waals surface area contributed by atoms with Crippen LogP contribution in [0.2, 0.25) is 0 Å². The number of carbonyl (C=O) groups excluding carboxylic acids is 4. The van der Waals surface area contributed by atoms with Gasteiger partial charge in [-0.3, -0.25) is 14.4 Å². The van der Waals surface area contributed by atoms with Crippen molar-refractivity contribution in [1.82, 2.24) is 0 Å². The maximum atomic E-state index is 12.6. The van der Waals surface area contributed by atoms with Crippen LogP contribution in [-0.4, -0.2) is 59.0 Å². The first kappa shape index (κ1) is 24.0. The van der Waals surface area contributed by atoms with Crippen molar-refractivity contribution in [2.24, 2.45) is 23.7 Å². The van der Waals surface area contributed by atoms with Gasteiger partial charge < -0.3 is 24.1 Å². The van der Waals surface area contributed by atoms with Gasteiger partial charge in [-0.15, -0.1) is 0 Å². The van der Waals surface area contributed by atoms with Gasteiger partial charge in [-0.2, -0.15) is 0 Å². The molecule has 0 radical (unpaired) electrons. The lowest BCUT2D eigenvalue weighted by Crippen LogP contribution is -2.58. The predicted molar refractivity (Wildman–Crippen MR) is 110 cm³/mol. The Morgan fingerprint density at radius 3 is 2.25 bits per heavy atom. The van der Waals surface area contributed by atoms with Crippen LogP contribution in [0, 0.1) is 23.7 Å². The van der Waals surface area contributed by atoms with Gasteiger partial charge in [0, 0.05) is 31.3 Å². The van der Waals surface area contributed by atoms with E-state index in [4.69, 9.17) is 18.9 Å². The van der Waals surface area contributed by atoms with Gasteiger partial charge in [0.25, 0.3) is 0 Å². The maximum absolute atomic E-state index is 12.6. The molecule has 8 atom stereocenters. The molecule has 2 aliphatic carbocycles. The molecule has 176 valence electrons. The molecule has 32 heavy (non-hydrogen) atoms. The summed E-state index contributed by atoms with van der Waals surface area (Å²) >= 11 is 0. The largest absolute Gasteiger partial charge is 0.458 e. The summed E-state index contributed by atoms with van der Waals surface area (Å²) in [7, 11) is 0. The summed E-state index contributed by atoms with van der Waals surface area (Å²) in [5, 5.41) is 11.8. The Labute approximate surface area is 186 Å². The van der Waals surface area contributed by atoms with E-state index in [2.05, 4.69) is 6.58 Å². The summed E-state index contributed by atoms with van der Waals surface area (Å²) in [5.41, 5.74) is -1.02. The van der Waals surface area contributed by atoms with Gasteiger partial charge in [0.15, 0.2) is 12.2 Å². The first-order valence-corrected chi connectivity index (χ1v) is 10.6. The van der Waals surface area contributed by atoms with Crippen LogP contribution in [0.1, 0.15) is 41.5 Å². The lowest BCUT2D eigenvalue weighted by Gasteiger charge is -2.42. The Morgan fingerprint density at radius 2 is 1.72 bits per heavy atom. The highest BCUT2D eigenvalue weighted by molar-refractivity contribution is 5.91. The standard InChI is InChI=1S/C23H30O9/c1-9(2)21(26)32-19-16-11(4)22(27)31-18(16)15-10(3)8-14(29-12(5)24)17(15)23(7,28)20(19)30-13(6)25/h8-9,14-20,28H,4H2,1-3,5-7H3/t14-,15+,16+,17-,18-,19?,20-,23+/m1/s1. The van der Waals surface area contributed by atoms with Crippen LogP contribution in [0.4, 0.5) is 0 Å². The second kappa shape index (κ2) is 8.35. The molecule has 0 amide bonds. The highest BCUT2D eigenvalue weighted by Crippen LogP contribution is 2.54. The number of hydrogen-bond acceptors (Lipinski definition) is 9. The second-order valence-corrected chi connectivity index (χ2v) is 9.27. The van der Waals surface area contributed by atoms with Gasteiger partial charge in [0.2, 0.25) is 0 Å². The number of esters is 4. The van der Waals surface area contributed by atoms with Crippen molar-refractivity contribution in [3.05, 3.63) is 23.8 Å². The maximum Gasteiger partial charge on any atom is 0.334 e. The van der Waals surface area contributed by atoms with Crippen molar-refractivity contribution in [2.45, 2.75) is 71.6 Å². The first-order chi connectivity index (χ1) is 14.8. The average Bonchev–Trinajstić information content (AvgIpc) is 3.10. The lowest BCUT2D eigenvalue weighted by molar-refractivity contribution is -0.205. The molecule has 1 unspecified atom stereocenters. The summed E-state index contributed by atoms with van der Waals surface area (Å²) < 4.78 is 22.4. The van der Waals surface area contributed by atoms with Crippen LogP contribution >= 0.6 is 0 Å². The molecule has 1 heterocycles. The lowest BCUT2D eigenvalue weighted by atomic mass is 9.74. The second-order valence-electron chi connectivity index (χ2n) is 9.27. The van der Waals surface area contributed by atoms with E-state index in [0.29, 0.717) is 0 Å². The van der Waals surface area contributed by atoms with Crippen LogP contribution in [0.25, 0.3) is 0 Å². The van der Waals surface area contributed by atoms with E-state index in [0.717, 1.165) is 5.57 Å². The van der Waals surface area contributed by atoms with E-state index >= 15 is 0 Å². The smallest absolute Gasteiger partial charge is 0.334 e. The summed E-state index contributed by atoms with van der Waals surface area (Å²) in [6, 6.07) is 0. The summed E-state index contributed by atoms with van der Waals surface area (Å²) in [6.45, 7) is 12.8. The molecule has 3 rings (SSSR count). The molecule has 2 fully saturated rings. The molecule has 3 aliphatic rings. The fourth-order valence-electron chi connectivity index (χ4n) is 5.19. The molecule has 0 spiro atoms. The molecule has 0 bridgehead atoms. The van der Waals surface area contributed by atoms with Crippen LogP contribution in [-0.2, 0) is 38.1 Å². The van der Waals surface area contributed by atoms with Crippen LogP contribution < -0.4 is 0 Å². The number of hydrogen-bond donors (Lipinski definition) is 1. The third-order valence-electron chi connectivity index (χ3n) is 6.53. The molecule has 9 nitrogen and oxygen atoms in total. The van der Waals surface area contributed by atoms with E-state index in [1.807, 2.05) is 0 Å². The summed E-state index contributed by atoms with van der Waals surface area (Å²) in [6.07, 6.45) is -2.62. The van der Waals surface area contributed by atoms with Gasteiger partial charge in [-0.05, 0) is 19.9 Å². The molecule has 1 N–H and O–H groups in total. The number of carbonyl (C=O) groups is 4. The van der Waals surface area contributed by atoms with E-state index in [9.17, 15) is 24.3 Å². The quantitative estimate of drug-likeness (QED) is 0.293. The highest BCUT2D eigenvalue weighted by Gasteiger charge is 2.66. The summed E-state index contributed by atoms with van der Waals surface area (Å²) in [5.74, 6) is -5.31. The molecule has 1 saturated carbocycles. The van der Waals surface area contributed by atoms with Crippen molar-refractivity contribution in [1.29, 1.82) is 0 Å². The number of rotatable bonds is 4. The molecule has 0 aromatic heterocycles. The Hall–Kier alpha value is -2.68. The zero-order chi connectivity index (χ0) is 24.1. The van der Waals surface area contributed by atoms with Crippen LogP contribution in [0.15, 0.2) is 23.8 Å². The minimum Gasteiger partial charge on any atom is -0.458 e. The summed E-state index contributed by atoms with van der Waals surface area (Å²) in [4.78, 5) is 48.9. The Bertz CT molecular complexity index is 884. The molecule has 0 aromatic carbocycles. The van der Waals surface area contributed by atoms with E-state index in [1.165, 1.54) is 20.8 Å². The first-order valence-electron chi connectivity index (χ1n) is 10.6. The van der Waals surface area contributed by atoms with Crippen molar-refractivity contribution in [3.63, 3.8) is 0 Å². The fourth-order valence-corrected chi connectivity index (χ4v) is 5.19. The zero-order valence-corrected chi connectivity index (χ0v) is 19.1. The minimum atomic E-state index is -1.82. The Balaban J connectivity index is 2.20. The number of aliphatic hydroxyl groups is 1. The molecule has 0 aromatic rings. The molecular weight excluding hydrogens is 420 g/mol.